The molecule has 0 rings (SSSR count). The molecule has 0 aromatic rings. The van der Waals surface area contributed by atoms with Crippen LogP contribution in [0, 0.1) is 17.8 Å². The first-order valence-electron chi connectivity index (χ1n) is 22.6. The molecule has 0 aliphatic heterocycles. The lowest BCUT2D eigenvalue weighted by Crippen LogP contribution is -2.30. The van der Waals surface area contributed by atoms with Crippen molar-refractivity contribution in [3.8, 4) is 0 Å². The maximum atomic E-state index is 12.7. The molecule has 0 bridgehead atoms. The molecule has 0 heterocycles. The van der Waals surface area contributed by atoms with Crippen molar-refractivity contribution in [2.75, 3.05) is 13.2 Å². The molecule has 6 heteroatoms. The lowest BCUT2D eigenvalue weighted by molar-refractivity contribution is -0.167. The fraction of sp³-hybridized carbons (Fsp3) is 0.935. The number of unbranched alkanes of at least 4 members (excludes halogenated alkanes) is 22. The van der Waals surface area contributed by atoms with E-state index >= 15 is 0 Å². The van der Waals surface area contributed by atoms with Crippen LogP contribution in [-0.4, -0.2) is 37.2 Å². The van der Waals surface area contributed by atoms with Crippen LogP contribution in [0.15, 0.2) is 0 Å². The molecule has 0 aliphatic carbocycles. The molecule has 0 aliphatic rings. The van der Waals surface area contributed by atoms with E-state index in [2.05, 4.69) is 41.5 Å². The molecule has 0 radical (unpaired) electrons. The minimum atomic E-state index is -0.762. The normalized spacial score (nSPS) is 12.2. The van der Waals surface area contributed by atoms with E-state index in [1.165, 1.54) is 122 Å². The van der Waals surface area contributed by atoms with Crippen molar-refractivity contribution < 1.29 is 28.6 Å². The van der Waals surface area contributed by atoms with Gasteiger partial charge in [0.15, 0.2) is 6.10 Å². The second-order valence-electron chi connectivity index (χ2n) is 17.1. The summed E-state index contributed by atoms with van der Waals surface area (Å²) in [4.78, 5) is 37.7. The Bertz CT molecular complexity index is 807. The van der Waals surface area contributed by atoms with Gasteiger partial charge in [0.05, 0.1) is 0 Å². The standard InChI is InChI=1S/C46H88O6/c1-40(2)32-26-20-14-9-7-8-10-18-25-31-37-46(49)52-43(39-51-45(48)36-30-24-19-13-16-22-28-34-42(5)6)38-50-44(47)35-29-23-17-12-11-15-21-27-33-41(3)4/h40-43H,7-39H2,1-6H3/t43-/m0/s1. The van der Waals surface area contributed by atoms with E-state index in [0.29, 0.717) is 19.3 Å². The Morgan fingerprint density at radius 1 is 0.327 bits per heavy atom. The van der Waals surface area contributed by atoms with E-state index in [1.54, 1.807) is 0 Å². The summed E-state index contributed by atoms with van der Waals surface area (Å²) in [5.74, 6) is 1.53. The lowest BCUT2D eigenvalue weighted by Gasteiger charge is -2.18. The van der Waals surface area contributed by atoms with Crippen molar-refractivity contribution in [3.05, 3.63) is 0 Å². The number of carbonyl (C=O) groups is 3. The predicted molar refractivity (Wildman–Crippen MR) is 219 cm³/mol. The topological polar surface area (TPSA) is 78.9 Å². The van der Waals surface area contributed by atoms with Crippen LogP contribution in [0.3, 0.4) is 0 Å². The smallest absolute Gasteiger partial charge is 0.306 e. The van der Waals surface area contributed by atoms with Gasteiger partial charge in [0.25, 0.3) is 0 Å². The zero-order valence-electron chi connectivity index (χ0n) is 35.6. The highest BCUT2D eigenvalue weighted by molar-refractivity contribution is 5.71. The van der Waals surface area contributed by atoms with Gasteiger partial charge in [-0.05, 0) is 37.0 Å². The first-order chi connectivity index (χ1) is 25.1. The molecular weight excluding hydrogens is 648 g/mol. The van der Waals surface area contributed by atoms with Gasteiger partial charge >= 0.3 is 17.9 Å². The monoisotopic (exact) mass is 737 g/mol. The number of carbonyl (C=O) groups excluding carboxylic acids is 3. The lowest BCUT2D eigenvalue weighted by atomic mass is 10.0. The quantitative estimate of drug-likeness (QED) is 0.0355. The molecule has 0 spiro atoms. The maximum Gasteiger partial charge on any atom is 0.306 e. The summed E-state index contributed by atoms with van der Waals surface area (Å²) in [6.07, 6.45) is 33.9. The number of esters is 3. The van der Waals surface area contributed by atoms with E-state index in [9.17, 15) is 14.4 Å². The second-order valence-corrected chi connectivity index (χ2v) is 17.1. The van der Waals surface area contributed by atoms with E-state index < -0.39 is 6.10 Å². The summed E-state index contributed by atoms with van der Waals surface area (Å²) < 4.78 is 16.7. The van der Waals surface area contributed by atoms with Crippen molar-refractivity contribution in [1.82, 2.24) is 0 Å². The summed E-state index contributed by atoms with van der Waals surface area (Å²) in [6.45, 7) is 13.6. The largest absolute Gasteiger partial charge is 0.462 e. The van der Waals surface area contributed by atoms with Gasteiger partial charge in [0.2, 0.25) is 0 Å². The fourth-order valence-corrected chi connectivity index (χ4v) is 6.70. The molecule has 52 heavy (non-hydrogen) atoms. The van der Waals surface area contributed by atoms with E-state index in [4.69, 9.17) is 14.2 Å². The minimum absolute atomic E-state index is 0.0670. The van der Waals surface area contributed by atoms with E-state index in [1.807, 2.05) is 0 Å². The van der Waals surface area contributed by atoms with Crippen molar-refractivity contribution >= 4 is 17.9 Å². The van der Waals surface area contributed by atoms with Crippen molar-refractivity contribution in [1.29, 1.82) is 0 Å². The molecule has 0 unspecified atom stereocenters. The molecule has 6 nitrogen and oxygen atoms in total. The summed E-state index contributed by atoms with van der Waals surface area (Å²) in [7, 11) is 0. The van der Waals surface area contributed by atoms with E-state index in [-0.39, 0.29) is 31.1 Å². The van der Waals surface area contributed by atoms with Crippen LogP contribution in [0.2, 0.25) is 0 Å². The molecule has 0 aromatic carbocycles. The summed E-state index contributed by atoms with van der Waals surface area (Å²) in [5, 5.41) is 0. The highest BCUT2D eigenvalue weighted by Gasteiger charge is 2.19. The molecule has 0 saturated carbocycles. The molecular formula is C46H88O6. The second kappa shape index (κ2) is 37.7. The van der Waals surface area contributed by atoms with Crippen LogP contribution in [-0.2, 0) is 28.6 Å². The molecule has 0 amide bonds. The van der Waals surface area contributed by atoms with Crippen LogP contribution in [0.4, 0.5) is 0 Å². The first-order valence-corrected chi connectivity index (χ1v) is 22.6. The van der Waals surface area contributed by atoms with Crippen LogP contribution in [0.5, 0.6) is 0 Å². The highest BCUT2D eigenvalue weighted by atomic mass is 16.6. The molecule has 0 aromatic heterocycles. The number of ether oxygens (including phenoxy) is 3. The van der Waals surface area contributed by atoms with Crippen LogP contribution >= 0.6 is 0 Å². The average molecular weight is 737 g/mol. The van der Waals surface area contributed by atoms with Crippen molar-refractivity contribution in [2.24, 2.45) is 17.8 Å². The van der Waals surface area contributed by atoms with Gasteiger partial charge in [0, 0.05) is 19.3 Å². The third-order valence-electron chi connectivity index (χ3n) is 10.1. The zero-order valence-corrected chi connectivity index (χ0v) is 35.6. The van der Waals surface area contributed by atoms with Crippen LogP contribution in [0.25, 0.3) is 0 Å². The maximum absolute atomic E-state index is 12.7. The van der Waals surface area contributed by atoms with E-state index in [0.717, 1.165) is 75.5 Å². The molecule has 1 atom stereocenters. The Labute approximate surface area is 323 Å². The van der Waals surface area contributed by atoms with Crippen LogP contribution < -0.4 is 0 Å². The molecule has 0 N–H and O–H groups in total. The fourth-order valence-electron chi connectivity index (χ4n) is 6.70. The minimum Gasteiger partial charge on any atom is -0.462 e. The Kier molecular flexibility index (Phi) is 36.6. The number of rotatable bonds is 39. The average Bonchev–Trinajstić information content (AvgIpc) is 3.09. The van der Waals surface area contributed by atoms with Gasteiger partial charge in [-0.3, -0.25) is 14.4 Å². The number of hydrogen-bond donors (Lipinski definition) is 0. The number of hydrogen-bond acceptors (Lipinski definition) is 6. The Morgan fingerprint density at radius 2 is 0.558 bits per heavy atom. The van der Waals surface area contributed by atoms with Crippen molar-refractivity contribution in [2.45, 2.75) is 247 Å². The summed E-state index contributed by atoms with van der Waals surface area (Å²) in [6, 6.07) is 0. The Balaban J connectivity index is 4.35. The molecule has 308 valence electrons. The molecule has 0 saturated heterocycles. The highest BCUT2D eigenvalue weighted by Crippen LogP contribution is 2.16. The van der Waals surface area contributed by atoms with Gasteiger partial charge in [-0.15, -0.1) is 0 Å². The van der Waals surface area contributed by atoms with Gasteiger partial charge in [-0.1, -0.05) is 202 Å². The third kappa shape index (κ3) is 39.6. The van der Waals surface area contributed by atoms with Crippen LogP contribution in [0.1, 0.15) is 241 Å². The zero-order chi connectivity index (χ0) is 38.5. The SMILES string of the molecule is CC(C)CCCCCCCCCCCCC(=O)O[C@@H](COC(=O)CCCCCCCCCCC(C)C)COC(=O)CCCCCCCCCC(C)C. The van der Waals surface area contributed by atoms with Gasteiger partial charge in [-0.2, -0.15) is 0 Å². The van der Waals surface area contributed by atoms with Gasteiger partial charge in [0.1, 0.15) is 13.2 Å². The predicted octanol–water partition coefficient (Wildman–Crippen LogP) is 14.0. The first kappa shape index (κ1) is 50.4. The van der Waals surface area contributed by atoms with Crippen molar-refractivity contribution in [3.63, 3.8) is 0 Å². The Morgan fingerprint density at radius 3 is 0.827 bits per heavy atom. The van der Waals surface area contributed by atoms with Gasteiger partial charge in [-0.25, -0.2) is 0 Å². The third-order valence-corrected chi connectivity index (χ3v) is 10.1. The molecule has 0 fully saturated rings. The summed E-state index contributed by atoms with van der Waals surface area (Å²) in [5.41, 5.74) is 0. The van der Waals surface area contributed by atoms with Gasteiger partial charge < -0.3 is 14.2 Å². The Hall–Kier alpha value is -1.59. The summed E-state index contributed by atoms with van der Waals surface area (Å²) >= 11 is 0.